The van der Waals surface area contributed by atoms with Gasteiger partial charge in [-0.15, -0.1) is 19.0 Å². The van der Waals surface area contributed by atoms with Crippen molar-refractivity contribution in [2.75, 3.05) is 0 Å². The van der Waals surface area contributed by atoms with Crippen molar-refractivity contribution in [3.63, 3.8) is 0 Å². The summed E-state index contributed by atoms with van der Waals surface area (Å²) in [6, 6.07) is 3.37. The first-order chi connectivity index (χ1) is 6.13. The van der Waals surface area contributed by atoms with E-state index in [-0.39, 0.29) is 25.1 Å². The highest BCUT2D eigenvalue weighted by molar-refractivity contribution is 5.85. The predicted octanol–water partition coefficient (Wildman–Crippen LogP) is 2.16. The molecule has 0 radical (unpaired) electrons. The lowest BCUT2D eigenvalue weighted by Gasteiger charge is -2.07. The maximum absolute atomic E-state index is 8.76. The van der Waals surface area contributed by atoms with Crippen molar-refractivity contribution >= 4 is 12.4 Å². The third kappa shape index (κ3) is 3.54. The molecule has 1 aromatic rings. The summed E-state index contributed by atoms with van der Waals surface area (Å²) in [7, 11) is 0. The first-order valence-electron chi connectivity index (χ1n) is 4.23. The topological polar surface area (TPSA) is 59.4 Å². The van der Waals surface area contributed by atoms with Gasteiger partial charge in [-0.3, -0.25) is 0 Å². The molecule has 0 aliphatic heterocycles. The van der Waals surface area contributed by atoms with Crippen LogP contribution in [0.25, 0.3) is 0 Å². The minimum absolute atomic E-state index is 0. The highest BCUT2D eigenvalue weighted by Gasteiger charge is 2.10. The molecular weight excluding hydrogens is 202 g/mol. The van der Waals surface area contributed by atoms with E-state index in [2.05, 4.69) is 6.58 Å². The van der Waals surface area contributed by atoms with Gasteiger partial charge in [-0.05, 0) is 25.5 Å². The van der Waals surface area contributed by atoms with Crippen LogP contribution in [0, 0.1) is 0 Å². The Labute approximate surface area is 90.0 Å². The minimum atomic E-state index is -0.155. The number of hydrogen-bond donors (Lipinski definition) is 2. The van der Waals surface area contributed by atoms with Gasteiger partial charge in [0, 0.05) is 0 Å². The Kier molecular flexibility index (Phi) is 5.53. The second kappa shape index (κ2) is 5.86. The van der Waals surface area contributed by atoms with Gasteiger partial charge in [-0.2, -0.15) is 0 Å². The molecule has 3 N–H and O–H groups in total. The van der Waals surface area contributed by atoms with Crippen molar-refractivity contribution in [1.82, 2.24) is 0 Å². The van der Waals surface area contributed by atoms with Crippen molar-refractivity contribution < 1.29 is 9.52 Å². The summed E-state index contributed by atoms with van der Waals surface area (Å²) >= 11 is 0. The van der Waals surface area contributed by atoms with Crippen LogP contribution in [0.4, 0.5) is 0 Å². The van der Waals surface area contributed by atoms with Crippen molar-refractivity contribution in [3.8, 4) is 0 Å². The number of aliphatic hydroxyl groups is 1. The van der Waals surface area contributed by atoms with Gasteiger partial charge < -0.3 is 15.3 Å². The van der Waals surface area contributed by atoms with Gasteiger partial charge in [-0.1, -0.05) is 5.57 Å². The number of halogens is 1. The Balaban J connectivity index is 0.00000169. The lowest BCUT2D eigenvalue weighted by Crippen LogP contribution is -2.09. The summed E-state index contributed by atoms with van der Waals surface area (Å²) in [5.74, 6) is 1.25. The quantitative estimate of drug-likeness (QED) is 0.760. The standard InChI is InChI=1S/C10H15NO2.ClH/c1-7(2)5-9(11)10-4-3-8(6-12)13-10;/h3-4,9,12H,1,5-6,11H2,2H3;1H/t9-;/m1./s1. The lowest BCUT2D eigenvalue weighted by atomic mass is 10.1. The van der Waals surface area contributed by atoms with Gasteiger partial charge in [0.25, 0.3) is 0 Å². The summed E-state index contributed by atoms with van der Waals surface area (Å²) in [5, 5.41) is 8.76. The molecule has 0 amide bonds. The smallest absolute Gasteiger partial charge is 0.129 e. The van der Waals surface area contributed by atoms with Crippen molar-refractivity contribution in [2.24, 2.45) is 5.73 Å². The molecule has 0 saturated carbocycles. The number of furan rings is 1. The number of rotatable bonds is 4. The van der Waals surface area contributed by atoms with Crippen LogP contribution in [-0.4, -0.2) is 5.11 Å². The molecule has 4 heteroatoms. The third-order valence-electron chi connectivity index (χ3n) is 1.77. The van der Waals surface area contributed by atoms with Gasteiger partial charge in [0.1, 0.15) is 18.1 Å². The first-order valence-corrected chi connectivity index (χ1v) is 4.23. The average molecular weight is 218 g/mol. The van der Waals surface area contributed by atoms with Crippen LogP contribution in [-0.2, 0) is 6.61 Å². The zero-order valence-electron chi connectivity index (χ0n) is 8.19. The van der Waals surface area contributed by atoms with Crippen molar-refractivity contribution in [1.29, 1.82) is 0 Å². The molecule has 0 fully saturated rings. The fourth-order valence-electron chi connectivity index (χ4n) is 1.15. The summed E-state index contributed by atoms with van der Waals surface area (Å²) in [6.07, 6.45) is 0.707. The van der Waals surface area contributed by atoms with Crippen LogP contribution >= 0.6 is 12.4 Å². The second-order valence-corrected chi connectivity index (χ2v) is 3.23. The van der Waals surface area contributed by atoms with Gasteiger partial charge in [-0.25, -0.2) is 0 Å². The van der Waals surface area contributed by atoms with E-state index in [0.29, 0.717) is 17.9 Å². The summed E-state index contributed by atoms with van der Waals surface area (Å²) in [6.45, 7) is 5.62. The molecule has 80 valence electrons. The zero-order valence-corrected chi connectivity index (χ0v) is 9.01. The molecule has 1 aromatic heterocycles. The average Bonchev–Trinajstić information content (AvgIpc) is 2.50. The zero-order chi connectivity index (χ0) is 9.84. The molecule has 0 spiro atoms. The van der Waals surface area contributed by atoms with E-state index in [9.17, 15) is 0 Å². The molecule has 0 saturated heterocycles. The van der Waals surface area contributed by atoms with Crippen LogP contribution in [0.5, 0.6) is 0 Å². The number of aliphatic hydroxyl groups excluding tert-OH is 1. The summed E-state index contributed by atoms with van der Waals surface area (Å²) in [5.41, 5.74) is 6.85. The summed E-state index contributed by atoms with van der Waals surface area (Å²) in [4.78, 5) is 0. The van der Waals surface area contributed by atoms with E-state index in [1.54, 1.807) is 12.1 Å². The molecule has 0 aliphatic rings. The van der Waals surface area contributed by atoms with E-state index in [1.807, 2.05) is 6.92 Å². The van der Waals surface area contributed by atoms with Crippen molar-refractivity contribution in [2.45, 2.75) is 26.0 Å². The van der Waals surface area contributed by atoms with Crippen molar-refractivity contribution in [3.05, 3.63) is 35.8 Å². The van der Waals surface area contributed by atoms with E-state index in [4.69, 9.17) is 15.3 Å². The van der Waals surface area contributed by atoms with E-state index in [0.717, 1.165) is 5.57 Å². The first kappa shape index (κ1) is 13.2. The summed E-state index contributed by atoms with van der Waals surface area (Å²) < 4.78 is 5.28. The Bertz CT molecular complexity index is 296. The van der Waals surface area contributed by atoms with Crippen LogP contribution < -0.4 is 5.73 Å². The van der Waals surface area contributed by atoms with E-state index < -0.39 is 0 Å². The Hall–Kier alpha value is -0.770. The largest absolute Gasteiger partial charge is 0.462 e. The van der Waals surface area contributed by atoms with Gasteiger partial charge >= 0.3 is 0 Å². The third-order valence-corrected chi connectivity index (χ3v) is 1.77. The molecule has 1 atom stereocenters. The van der Waals surface area contributed by atoms with Crippen LogP contribution in [0.2, 0.25) is 0 Å². The van der Waals surface area contributed by atoms with Gasteiger partial charge in [0.15, 0.2) is 0 Å². The fraction of sp³-hybridized carbons (Fsp3) is 0.400. The second-order valence-electron chi connectivity index (χ2n) is 3.23. The highest BCUT2D eigenvalue weighted by Crippen LogP contribution is 2.19. The lowest BCUT2D eigenvalue weighted by molar-refractivity contribution is 0.241. The van der Waals surface area contributed by atoms with E-state index >= 15 is 0 Å². The molecule has 0 aliphatic carbocycles. The SMILES string of the molecule is C=C(C)C[C@@H](N)c1ccc(CO)o1.Cl. The molecular formula is C10H16ClNO2. The highest BCUT2D eigenvalue weighted by atomic mass is 35.5. The minimum Gasteiger partial charge on any atom is -0.462 e. The molecule has 0 bridgehead atoms. The monoisotopic (exact) mass is 217 g/mol. The van der Waals surface area contributed by atoms with E-state index in [1.165, 1.54) is 0 Å². The predicted molar refractivity (Wildman–Crippen MR) is 58.2 cm³/mol. The van der Waals surface area contributed by atoms with Crippen LogP contribution in [0.15, 0.2) is 28.7 Å². The molecule has 14 heavy (non-hydrogen) atoms. The number of nitrogens with two attached hydrogens (primary N) is 1. The number of hydrogen-bond acceptors (Lipinski definition) is 3. The van der Waals surface area contributed by atoms with Crippen LogP contribution in [0.3, 0.4) is 0 Å². The maximum Gasteiger partial charge on any atom is 0.129 e. The maximum atomic E-state index is 8.76. The molecule has 3 nitrogen and oxygen atoms in total. The Morgan fingerprint density at radius 3 is 2.71 bits per heavy atom. The van der Waals surface area contributed by atoms with Gasteiger partial charge in [0.05, 0.1) is 6.04 Å². The molecule has 0 aromatic carbocycles. The molecule has 1 rings (SSSR count). The fourth-order valence-corrected chi connectivity index (χ4v) is 1.15. The Morgan fingerprint density at radius 1 is 1.64 bits per heavy atom. The molecule has 0 unspecified atom stereocenters. The van der Waals surface area contributed by atoms with Gasteiger partial charge in [0.2, 0.25) is 0 Å². The normalized spacial score (nSPS) is 11.9. The van der Waals surface area contributed by atoms with Crippen LogP contribution in [0.1, 0.15) is 30.9 Å². The Morgan fingerprint density at radius 2 is 2.29 bits per heavy atom. The molecule has 1 heterocycles.